The Morgan fingerprint density at radius 3 is 1.80 bits per heavy atom. The van der Waals surface area contributed by atoms with Gasteiger partial charge in [0.15, 0.2) is 0 Å². The number of carboxylic acids is 1. The van der Waals surface area contributed by atoms with E-state index >= 15 is 0 Å². The van der Waals surface area contributed by atoms with E-state index in [9.17, 15) is 33.9 Å². The summed E-state index contributed by atoms with van der Waals surface area (Å²) in [4.78, 5) is 74.1. The number of nitrogens with two attached hydrogens (primary N) is 1. The molecule has 0 unspecified atom stereocenters. The van der Waals surface area contributed by atoms with Crippen LogP contribution in [0.4, 0.5) is 4.79 Å². The van der Waals surface area contributed by atoms with Crippen LogP contribution in [-0.4, -0.2) is 84.0 Å². The molecule has 3 atom stereocenters. The van der Waals surface area contributed by atoms with Crippen LogP contribution in [0.1, 0.15) is 107 Å². The fraction of sp³-hybridized carbons (Fsp3) is 0.806. The van der Waals surface area contributed by atoms with Gasteiger partial charge in [0.2, 0.25) is 23.6 Å². The second kappa shape index (κ2) is 20.6. The number of hydrogen-bond donors (Lipinski definition) is 8. The summed E-state index contributed by atoms with van der Waals surface area (Å²) in [6.45, 7) is 16.7. The van der Waals surface area contributed by atoms with Gasteiger partial charge in [-0.3, -0.25) is 19.2 Å². The topological polar surface area (TPSA) is 221 Å². The molecule has 0 aliphatic heterocycles. The van der Waals surface area contributed by atoms with Gasteiger partial charge in [-0.1, -0.05) is 34.6 Å². The maximum Gasteiger partial charge on any atom is 0.326 e. The van der Waals surface area contributed by atoms with Crippen molar-refractivity contribution in [1.82, 2.24) is 31.9 Å². The second-order valence-corrected chi connectivity index (χ2v) is 14.0. The number of carbonyl (C=O) groups excluding carboxylic acids is 5. The Labute approximate surface area is 268 Å². The zero-order valence-corrected chi connectivity index (χ0v) is 28.6. The SMILES string of the molecule is CC(C)[C@H](NC(=O)CCC(C)(C)C)C(=O)N[C@@H](CCCNC(N)=O)C(=O)N[C@@H](CCCCNC(=O)CCNC(C)(C)C)C(=O)O. The predicted octanol–water partition coefficient (Wildman–Crippen LogP) is 1.52. The molecule has 0 aromatic heterocycles. The van der Waals surface area contributed by atoms with E-state index in [1.54, 1.807) is 13.8 Å². The fourth-order valence-corrected chi connectivity index (χ4v) is 4.19. The smallest absolute Gasteiger partial charge is 0.326 e. The second-order valence-electron chi connectivity index (χ2n) is 14.0. The average molecular weight is 642 g/mol. The number of carbonyl (C=O) groups is 6. The number of amides is 6. The van der Waals surface area contributed by atoms with Gasteiger partial charge in [0.25, 0.3) is 0 Å². The minimum atomic E-state index is -1.23. The summed E-state index contributed by atoms with van der Waals surface area (Å²) in [6.07, 6.45) is 2.60. The van der Waals surface area contributed by atoms with Crippen LogP contribution >= 0.6 is 0 Å². The highest BCUT2D eigenvalue weighted by molar-refractivity contribution is 5.93. The molecule has 0 fully saturated rings. The number of hydrogen-bond acceptors (Lipinski definition) is 7. The first-order valence-corrected chi connectivity index (χ1v) is 15.9. The number of primary amides is 1. The van der Waals surface area contributed by atoms with Crippen LogP contribution in [0.2, 0.25) is 0 Å². The van der Waals surface area contributed by atoms with E-state index in [-0.39, 0.29) is 60.9 Å². The monoisotopic (exact) mass is 641 g/mol. The lowest BCUT2D eigenvalue weighted by Crippen LogP contribution is -2.57. The minimum Gasteiger partial charge on any atom is -0.480 e. The van der Waals surface area contributed by atoms with Gasteiger partial charge in [-0.05, 0) is 70.6 Å². The molecule has 9 N–H and O–H groups in total. The van der Waals surface area contributed by atoms with Crippen LogP contribution in [0.3, 0.4) is 0 Å². The Kier molecular flexibility index (Phi) is 19.0. The first-order chi connectivity index (χ1) is 20.7. The number of nitrogens with one attached hydrogen (secondary N) is 6. The Balaban J connectivity index is 5.24. The molecule has 260 valence electrons. The van der Waals surface area contributed by atoms with Gasteiger partial charge in [-0.25, -0.2) is 9.59 Å². The zero-order valence-electron chi connectivity index (χ0n) is 28.6. The van der Waals surface area contributed by atoms with Crippen molar-refractivity contribution < 1.29 is 33.9 Å². The third-order valence-corrected chi connectivity index (χ3v) is 6.83. The lowest BCUT2D eigenvalue weighted by Gasteiger charge is -2.27. The van der Waals surface area contributed by atoms with Crippen molar-refractivity contribution in [1.29, 1.82) is 0 Å². The molecule has 0 aromatic rings. The maximum absolute atomic E-state index is 13.3. The molecule has 0 spiro atoms. The number of carboxylic acid groups (broad SMARTS) is 1. The maximum atomic E-state index is 13.3. The molecule has 6 amide bonds. The summed E-state index contributed by atoms with van der Waals surface area (Å²) in [5, 5.41) is 26.1. The predicted molar refractivity (Wildman–Crippen MR) is 173 cm³/mol. The highest BCUT2D eigenvalue weighted by Crippen LogP contribution is 2.20. The van der Waals surface area contributed by atoms with E-state index in [4.69, 9.17) is 5.73 Å². The molecule has 0 aliphatic rings. The molecule has 14 heteroatoms. The van der Waals surface area contributed by atoms with E-state index in [1.165, 1.54) is 0 Å². The van der Waals surface area contributed by atoms with Crippen molar-refractivity contribution in [2.24, 2.45) is 17.1 Å². The van der Waals surface area contributed by atoms with Crippen molar-refractivity contribution >= 4 is 35.6 Å². The zero-order chi connectivity index (χ0) is 34.8. The quantitative estimate of drug-likeness (QED) is 0.0857. The normalized spacial score (nSPS) is 13.7. The number of unbranched alkanes of at least 4 members (excludes halogenated alkanes) is 1. The van der Waals surface area contributed by atoms with E-state index in [2.05, 4.69) is 31.9 Å². The van der Waals surface area contributed by atoms with Crippen LogP contribution in [0.15, 0.2) is 0 Å². The molecule has 0 saturated carbocycles. The molecular formula is C31H59N7O7. The van der Waals surface area contributed by atoms with Crippen LogP contribution in [-0.2, 0) is 24.0 Å². The third kappa shape index (κ3) is 21.8. The molecule has 0 aliphatic carbocycles. The van der Waals surface area contributed by atoms with Crippen molar-refractivity contribution in [3.05, 3.63) is 0 Å². The number of aliphatic carboxylic acids is 1. The van der Waals surface area contributed by atoms with Gasteiger partial charge in [0.1, 0.15) is 18.1 Å². The van der Waals surface area contributed by atoms with Gasteiger partial charge in [0.05, 0.1) is 0 Å². The summed E-state index contributed by atoms with van der Waals surface area (Å²) >= 11 is 0. The first kappa shape index (κ1) is 41.6. The minimum absolute atomic E-state index is 0.0622. The van der Waals surface area contributed by atoms with Gasteiger partial charge in [0, 0.05) is 38.0 Å². The summed E-state index contributed by atoms with van der Waals surface area (Å²) in [6, 6.07) is -3.99. The summed E-state index contributed by atoms with van der Waals surface area (Å²) < 4.78 is 0. The average Bonchev–Trinajstić information content (AvgIpc) is 2.89. The molecular weight excluding hydrogens is 582 g/mol. The van der Waals surface area contributed by atoms with Crippen molar-refractivity contribution in [2.45, 2.75) is 130 Å². The van der Waals surface area contributed by atoms with Crippen molar-refractivity contribution in [3.8, 4) is 0 Å². The van der Waals surface area contributed by atoms with E-state index < -0.39 is 41.9 Å². The van der Waals surface area contributed by atoms with Crippen LogP contribution in [0, 0.1) is 11.3 Å². The third-order valence-electron chi connectivity index (χ3n) is 6.83. The van der Waals surface area contributed by atoms with Crippen LogP contribution < -0.4 is 37.6 Å². The Bertz CT molecular complexity index is 974. The Morgan fingerprint density at radius 1 is 0.689 bits per heavy atom. The van der Waals surface area contributed by atoms with E-state index in [0.717, 1.165) is 0 Å². The van der Waals surface area contributed by atoms with Gasteiger partial charge < -0.3 is 42.7 Å². The molecule has 0 saturated heterocycles. The lowest BCUT2D eigenvalue weighted by atomic mass is 9.90. The van der Waals surface area contributed by atoms with Crippen molar-refractivity contribution in [2.75, 3.05) is 19.6 Å². The van der Waals surface area contributed by atoms with Gasteiger partial charge in [-0.2, -0.15) is 0 Å². The molecule has 14 nitrogen and oxygen atoms in total. The number of rotatable bonds is 21. The molecule has 0 aromatic carbocycles. The number of urea groups is 1. The summed E-state index contributed by atoms with van der Waals surface area (Å²) in [5.41, 5.74) is 4.96. The molecule has 0 heterocycles. The highest BCUT2D eigenvalue weighted by Gasteiger charge is 2.31. The molecule has 0 rings (SSSR count). The van der Waals surface area contributed by atoms with Gasteiger partial charge >= 0.3 is 12.0 Å². The molecule has 0 radical (unpaired) electrons. The fourth-order valence-electron chi connectivity index (χ4n) is 4.19. The first-order valence-electron chi connectivity index (χ1n) is 15.9. The lowest BCUT2D eigenvalue weighted by molar-refractivity contribution is -0.142. The summed E-state index contributed by atoms with van der Waals surface area (Å²) in [7, 11) is 0. The van der Waals surface area contributed by atoms with Crippen LogP contribution in [0.25, 0.3) is 0 Å². The highest BCUT2D eigenvalue weighted by atomic mass is 16.4. The Hall–Kier alpha value is -3.42. The molecule has 45 heavy (non-hydrogen) atoms. The van der Waals surface area contributed by atoms with Gasteiger partial charge in [-0.15, -0.1) is 0 Å². The molecule has 0 bridgehead atoms. The Morgan fingerprint density at radius 2 is 1.27 bits per heavy atom. The standard InChI is InChI=1S/C31H59N7O7/c1-20(2)25(38-24(40)14-16-30(3,4)5)27(42)36-21(13-11-18-34-29(32)45)26(41)37-22(28(43)44)12-9-10-17-33-23(39)15-19-35-31(6,7)8/h20-22,25,35H,9-19H2,1-8H3,(H,33,39)(H,36,42)(H,37,41)(H,38,40)(H,43,44)(H3,32,34,45)/t21-,22-,25-/m0/s1. The van der Waals surface area contributed by atoms with Crippen LogP contribution in [0.5, 0.6) is 0 Å². The summed E-state index contributed by atoms with van der Waals surface area (Å²) in [5.74, 6) is -3.18. The van der Waals surface area contributed by atoms with E-state index in [0.29, 0.717) is 38.8 Å². The van der Waals surface area contributed by atoms with Crippen molar-refractivity contribution in [3.63, 3.8) is 0 Å². The van der Waals surface area contributed by atoms with E-state index in [1.807, 2.05) is 41.5 Å². The largest absolute Gasteiger partial charge is 0.480 e.